The number of rotatable bonds is 9. The van der Waals surface area contributed by atoms with Crippen LogP contribution in [0.1, 0.15) is 39.0 Å². The lowest BCUT2D eigenvalue weighted by molar-refractivity contribution is -0.175. The summed E-state index contributed by atoms with van der Waals surface area (Å²) >= 11 is 0. The maximum Gasteiger partial charge on any atom is 0.411 e. The smallest absolute Gasteiger partial charge is 0.370 e. The second-order valence-electron chi connectivity index (χ2n) is 3.97. The first-order chi connectivity index (χ1) is 7.49. The van der Waals surface area contributed by atoms with Crippen LogP contribution in [0.3, 0.4) is 0 Å². The molecule has 0 aliphatic heterocycles. The van der Waals surface area contributed by atoms with Gasteiger partial charge in [0.2, 0.25) is 0 Å². The summed E-state index contributed by atoms with van der Waals surface area (Å²) < 4.78 is 40.1. The first kappa shape index (κ1) is 15.7. The molecule has 0 spiro atoms. The molecule has 1 N–H and O–H groups in total. The molecule has 1 unspecified atom stereocenters. The molecule has 98 valence electrons. The van der Waals surface area contributed by atoms with Gasteiger partial charge in [-0.25, -0.2) is 0 Å². The molecule has 0 saturated heterocycles. The molecule has 0 radical (unpaired) electrons. The normalized spacial score (nSPS) is 14.1. The van der Waals surface area contributed by atoms with Crippen molar-refractivity contribution in [3.63, 3.8) is 0 Å². The fourth-order valence-electron chi connectivity index (χ4n) is 1.45. The van der Waals surface area contributed by atoms with Gasteiger partial charge in [0.1, 0.15) is 6.61 Å². The molecule has 0 saturated carbocycles. The Morgan fingerprint density at radius 1 is 1.19 bits per heavy atom. The Hall–Kier alpha value is -0.290. The largest absolute Gasteiger partial charge is 0.411 e. The van der Waals surface area contributed by atoms with Crippen molar-refractivity contribution in [2.24, 2.45) is 0 Å². The van der Waals surface area contributed by atoms with Crippen LogP contribution in [0, 0.1) is 0 Å². The summed E-state index contributed by atoms with van der Waals surface area (Å²) in [5.41, 5.74) is 0. The third-order valence-electron chi connectivity index (χ3n) is 2.40. The lowest BCUT2D eigenvalue weighted by Crippen LogP contribution is -2.32. The van der Waals surface area contributed by atoms with Gasteiger partial charge in [-0.1, -0.05) is 32.6 Å². The van der Waals surface area contributed by atoms with Crippen molar-refractivity contribution in [1.82, 2.24) is 5.32 Å². The van der Waals surface area contributed by atoms with Crippen LogP contribution in [0.2, 0.25) is 0 Å². The van der Waals surface area contributed by atoms with Crippen LogP contribution < -0.4 is 5.32 Å². The summed E-state index contributed by atoms with van der Waals surface area (Å²) in [6.45, 7) is 1.10. The van der Waals surface area contributed by atoms with E-state index < -0.39 is 12.8 Å². The van der Waals surface area contributed by atoms with Gasteiger partial charge < -0.3 is 10.1 Å². The third-order valence-corrected chi connectivity index (χ3v) is 2.40. The van der Waals surface area contributed by atoms with Gasteiger partial charge in [0.15, 0.2) is 0 Å². The molecule has 0 aromatic heterocycles. The Morgan fingerprint density at radius 3 is 2.38 bits per heavy atom. The van der Waals surface area contributed by atoms with Crippen LogP contribution in [0.4, 0.5) is 13.2 Å². The minimum Gasteiger partial charge on any atom is -0.370 e. The number of unbranched alkanes of at least 4 members (excludes halogenated alkanes) is 3. The lowest BCUT2D eigenvalue weighted by Gasteiger charge is -2.16. The molecule has 0 fully saturated rings. The third kappa shape index (κ3) is 10.2. The highest BCUT2D eigenvalue weighted by atomic mass is 19.4. The number of likely N-dealkylation sites (N-methyl/N-ethyl adjacent to an activating group) is 1. The average Bonchev–Trinajstić information content (AvgIpc) is 2.20. The van der Waals surface area contributed by atoms with Crippen molar-refractivity contribution in [1.29, 1.82) is 0 Å². The first-order valence-electron chi connectivity index (χ1n) is 5.81. The standard InChI is InChI=1S/C11H22F3NO/c1-3-4-5-6-7-10(15-2)8-16-9-11(12,13)14/h10,15H,3-9H2,1-2H3. The topological polar surface area (TPSA) is 21.3 Å². The second kappa shape index (κ2) is 8.82. The Balaban J connectivity index is 3.51. The van der Waals surface area contributed by atoms with Crippen LogP contribution in [-0.2, 0) is 4.74 Å². The van der Waals surface area contributed by atoms with Crippen molar-refractivity contribution < 1.29 is 17.9 Å². The van der Waals surface area contributed by atoms with E-state index in [9.17, 15) is 13.2 Å². The van der Waals surface area contributed by atoms with Gasteiger partial charge in [-0.3, -0.25) is 0 Å². The minimum absolute atomic E-state index is 0.0270. The van der Waals surface area contributed by atoms with Crippen molar-refractivity contribution in [3.05, 3.63) is 0 Å². The Bertz CT molecular complexity index is 162. The molecule has 0 aliphatic rings. The van der Waals surface area contributed by atoms with Gasteiger partial charge in [0.05, 0.1) is 6.61 Å². The highest BCUT2D eigenvalue weighted by Gasteiger charge is 2.27. The molecule has 0 bridgehead atoms. The Labute approximate surface area is 95.5 Å². The van der Waals surface area contributed by atoms with Crippen LogP contribution in [0.15, 0.2) is 0 Å². The summed E-state index contributed by atoms with van der Waals surface area (Å²) in [5.74, 6) is 0. The SMILES string of the molecule is CCCCCCC(COCC(F)(F)F)NC. The molecule has 0 aromatic rings. The quantitative estimate of drug-likeness (QED) is 0.626. The minimum atomic E-state index is -4.22. The molecule has 0 amide bonds. The van der Waals surface area contributed by atoms with Crippen molar-refractivity contribution in [2.75, 3.05) is 20.3 Å². The summed E-state index contributed by atoms with van der Waals surface area (Å²) in [7, 11) is 1.75. The van der Waals surface area contributed by atoms with E-state index in [1.807, 2.05) is 0 Å². The summed E-state index contributed by atoms with van der Waals surface area (Å²) in [5, 5.41) is 2.97. The highest BCUT2D eigenvalue weighted by molar-refractivity contribution is 4.64. The van der Waals surface area contributed by atoms with Gasteiger partial charge in [-0.15, -0.1) is 0 Å². The number of hydrogen-bond acceptors (Lipinski definition) is 2. The number of alkyl halides is 3. The fraction of sp³-hybridized carbons (Fsp3) is 1.00. The summed E-state index contributed by atoms with van der Waals surface area (Å²) in [6, 6.07) is 0.0270. The molecular formula is C11H22F3NO. The molecule has 0 rings (SSSR count). The summed E-state index contributed by atoms with van der Waals surface area (Å²) in [6.07, 6.45) is 1.16. The van der Waals surface area contributed by atoms with Gasteiger partial charge in [0.25, 0.3) is 0 Å². The van der Waals surface area contributed by atoms with Gasteiger partial charge in [0, 0.05) is 6.04 Å². The second-order valence-corrected chi connectivity index (χ2v) is 3.97. The van der Waals surface area contributed by atoms with Gasteiger partial charge >= 0.3 is 6.18 Å². The van der Waals surface area contributed by atoms with Crippen molar-refractivity contribution in [3.8, 4) is 0 Å². The number of nitrogens with one attached hydrogen (secondary N) is 1. The zero-order valence-corrected chi connectivity index (χ0v) is 10.1. The van der Waals surface area contributed by atoms with E-state index >= 15 is 0 Å². The fourth-order valence-corrected chi connectivity index (χ4v) is 1.45. The van der Waals surface area contributed by atoms with E-state index in [0.717, 1.165) is 25.7 Å². The monoisotopic (exact) mass is 241 g/mol. The van der Waals surface area contributed by atoms with Crippen LogP contribution >= 0.6 is 0 Å². The van der Waals surface area contributed by atoms with E-state index in [0.29, 0.717) is 0 Å². The molecule has 5 heteroatoms. The highest BCUT2D eigenvalue weighted by Crippen LogP contribution is 2.15. The lowest BCUT2D eigenvalue weighted by atomic mass is 10.1. The summed E-state index contributed by atoms with van der Waals surface area (Å²) in [4.78, 5) is 0. The Morgan fingerprint density at radius 2 is 1.88 bits per heavy atom. The van der Waals surface area contributed by atoms with E-state index in [-0.39, 0.29) is 12.6 Å². The predicted molar refractivity (Wildman–Crippen MR) is 58.5 cm³/mol. The maximum atomic E-state index is 11.8. The van der Waals surface area contributed by atoms with Crippen LogP contribution in [0.25, 0.3) is 0 Å². The van der Waals surface area contributed by atoms with E-state index in [1.54, 1.807) is 7.05 Å². The van der Waals surface area contributed by atoms with Crippen LogP contribution in [-0.4, -0.2) is 32.5 Å². The number of hydrogen-bond donors (Lipinski definition) is 1. The van der Waals surface area contributed by atoms with E-state index in [4.69, 9.17) is 0 Å². The molecule has 0 heterocycles. The zero-order chi connectivity index (χ0) is 12.4. The molecule has 2 nitrogen and oxygen atoms in total. The molecule has 0 aliphatic carbocycles. The molecule has 1 atom stereocenters. The molecular weight excluding hydrogens is 219 g/mol. The van der Waals surface area contributed by atoms with E-state index in [1.165, 1.54) is 6.42 Å². The zero-order valence-electron chi connectivity index (χ0n) is 10.1. The van der Waals surface area contributed by atoms with Crippen molar-refractivity contribution >= 4 is 0 Å². The van der Waals surface area contributed by atoms with Crippen molar-refractivity contribution in [2.45, 2.75) is 51.2 Å². The predicted octanol–water partition coefficient (Wildman–Crippen LogP) is 3.12. The maximum absolute atomic E-state index is 11.8. The van der Waals surface area contributed by atoms with Crippen LogP contribution in [0.5, 0.6) is 0 Å². The number of ether oxygens (including phenoxy) is 1. The molecule has 0 aromatic carbocycles. The Kier molecular flexibility index (Phi) is 8.66. The number of halogens is 3. The average molecular weight is 241 g/mol. The van der Waals surface area contributed by atoms with E-state index in [2.05, 4.69) is 17.0 Å². The van der Waals surface area contributed by atoms with Gasteiger partial charge in [-0.05, 0) is 13.5 Å². The molecule has 16 heavy (non-hydrogen) atoms. The first-order valence-corrected chi connectivity index (χ1v) is 5.81. The van der Waals surface area contributed by atoms with Gasteiger partial charge in [-0.2, -0.15) is 13.2 Å².